The lowest BCUT2D eigenvalue weighted by Gasteiger charge is -2.20. The lowest BCUT2D eigenvalue weighted by molar-refractivity contribution is 0.430. The molecule has 0 atom stereocenters. The zero-order chi connectivity index (χ0) is 23.8. The van der Waals surface area contributed by atoms with Gasteiger partial charge in [-0.25, -0.2) is 17.5 Å². The van der Waals surface area contributed by atoms with E-state index in [0.29, 0.717) is 10.6 Å². The van der Waals surface area contributed by atoms with Crippen LogP contribution in [0.15, 0.2) is 77.8 Å². The highest BCUT2D eigenvalue weighted by Crippen LogP contribution is 2.39. The maximum atomic E-state index is 14.4. The summed E-state index contributed by atoms with van der Waals surface area (Å²) < 4.78 is 43.2. The average Bonchev–Trinajstić information content (AvgIpc) is 3.24. The van der Waals surface area contributed by atoms with Crippen molar-refractivity contribution in [2.24, 2.45) is 0 Å². The monoisotopic (exact) mass is 487 g/mol. The number of sulfonamides is 1. The van der Waals surface area contributed by atoms with Gasteiger partial charge in [0.15, 0.2) is 0 Å². The summed E-state index contributed by atoms with van der Waals surface area (Å²) >= 11 is 6.15. The van der Waals surface area contributed by atoms with E-state index in [2.05, 4.69) is 5.10 Å². The molecule has 0 saturated heterocycles. The number of benzene rings is 3. The number of aromatic hydroxyl groups is 2. The quantitative estimate of drug-likeness (QED) is 0.415. The minimum absolute atomic E-state index is 0.0369. The first-order valence-electron chi connectivity index (χ1n) is 9.75. The Hall–Kier alpha value is -3.40. The van der Waals surface area contributed by atoms with E-state index >= 15 is 0 Å². The third-order valence-corrected chi connectivity index (χ3v) is 7.32. The molecule has 1 aromatic heterocycles. The van der Waals surface area contributed by atoms with Crippen molar-refractivity contribution in [1.82, 2.24) is 14.1 Å². The Labute approximate surface area is 195 Å². The van der Waals surface area contributed by atoms with Gasteiger partial charge >= 0.3 is 0 Å². The van der Waals surface area contributed by atoms with E-state index in [-0.39, 0.29) is 23.5 Å². The minimum Gasteiger partial charge on any atom is -0.507 e. The van der Waals surface area contributed by atoms with Crippen LogP contribution >= 0.6 is 11.6 Å². The number of halogens is 2. The number of hydrogen-bond donors (Lipinski definition) is 2. The van der Waals surface area contributed by atoms with Gasteiger partial charge in [0.05, 0.1) is 11.9 Å². The molecular formula is C23H19ClFN3O4S. The zero-order valence-electron chi connectivity index (χ0n) is 17.4. The van der Waals surface area contributed by atoms with Gasteiger partial charge < -0.3 is 10.2 Å². The van der Waals surface area contributed by atoms with Gasteiger partial charge in [0.2, 0.25) is 10.0 Å². The molecule has 0 fully saturated rings. The Kier molecular flexibility index (Phi) is 6.11. The molecule has 4 aromatic rings. The van der Waals surface area contributed by atoms with E-state index in [9.17, 15) is 23.0 Å². The second kappa shape index (κ2) is 8.86. The highest BCUT2D eigenvalue weighted by Gasteiger charge is 2.28. The van der Waals surface area contributed by atoms with Crippen molar-refractivity contribution in [3.63, 3.8) is 0 Å². The fraction of sp³-hybridized carbons (Fsp3) is 0.0870. The molecule has 0 spiro atoms. The summed E-state index contributed by atoms with van der Waals surface area (Å²) in [7, 11) is -2.84. The molecule has 10 heteroatoms. The van der Waals surface area contributed by atoms with Crippen LogP contribution in [0.25, 0.3) is 16.9 Å². The summed E-state index contributed by atoms with van der Waals surface area (Å²) in [5.41, 5.74) is 0.993. The van der Waals surface area contributed by atoms with Gasteiger partial charge in [-0.15, -0.1) is 0 Å². The fourth-order valence-electron chi connectivity index (χ4n) is 3.41. The molecule has 2 N–H and O–H groups in total. The van der Waals surface area contributed by atoms with Gasteiger partial charge in [-0.3, -0.25) is 0 Å². The SMILES string of the molecule is CN(Cc1ccccc1Cl)S(=O)(=O)c1cc(-c2ccnn2-c2ccccc2F)c(O)cc1O. The normalized spacial score (nSPS) is 11.8. The van der Waals surface area contributed by atoms with E-state index in [1.54, 1.807) is 30.3 Å². The third-order valence-electron chi connectivity index (χ3n) is 5.12. The summed E-state index contributed by atoms with van der Waals surface area (Å²) in [5, 5.41) is 25.4. The summed E-state index contributed by atoms with van der Waals surface area (Å²) in [6, 6.07) is 16.3. The van der Waals surface area contributed by atoms with Crippen molar-refractivity contribution in [3.05, 3.63) is 89.3 Å². The average molecular weight is 488 g/mol. The van der Waals surface area contributed by atoms with Crippen LogP contribution in [-0.4, -0.2) is 39.8 Å². The molecule has 0 saturated carbocycles. The van der Waals surface area contributed by atoms with E-state index in [0.717, 1.165) is 16.4 Å². The second-order valence-electron chi connectivity index (χ2n) is 7.27. The van der Waals surface area contributed by atoms with Crippen LogP contribution < -0.4 is 0 Å². The summed E-state index contributed by atoms with van der Waals surface area (Å²) in [6.07, 6.45) is 1.39. The Bertz CT molecular complexity index is 1440. The van der Waals surface area contributed by atoms with Gasteiger partial charge in [0.1, 0.15) is 27.9 Å². The summed E-state index contributed by atoms with van der Waals surface area (Å²) in [5.74, 6) is -1.56. The molecule has 3 aromatic carbocycles. The number of nitrogens with zero attached hydrogens (tertiary/aromatic N) is 3. The molecule has 0 aliphatic rings. The van der Waals surface area contributed by atoms with Gasteiger partial charge in [-0.2, -0.15) is 9.40 Å². The first kappa shape index (κ1) is 22.8. The van der Waals surface area contributed by atoms with Crippen molar-refractivity contribution >= 4 is 21.6 Å². The van der Waals surface area contributed by atoms with Crippen molar-refractivity contribution in [1.29, 1.82) is 0 Å². The Morgan fingerprint density at radius 1 is 1.03 bits per heavy atom. The fourth-order valence-corrected chi connectivity index (χ4v) is 4.84. The molecule has 33 heavy (non-hydrogen) atoms. The van der Waals surface area contributed by atoms with Gasteiger partial charge in [0.25, 0.3) is 0 Å². The Balaban J connectivity index is 1.79. The van der Waals surface area contributed by atoms with E-state index < -0.39 is 32.2 Å². The van der Waals surface area contributed by atoms with Gasteiger partial charge in [0, 0.05) is 30.2 Å². The van der Waals surface area contributed by atoms with Crippen molar-refractivity contribution in [2.45, 2.75) is 11.4 Å². The number of rotatable bonds is 6. The van der Waals surface area contributed by atoms with Crippen molar-refractivity contribution in [2.75, 3.05) is 7.05 Å². The van der Waals surface area contributed by atoms with Crippen molar-refractivity contribution in [3.8, 4) is 28.4 Å². The van der Waals surface area contributed by atoms with Gasteiger partial charge in [-0.1, -0.05) is 41.9 Å². The van der Waals surface area contributed by atoms with Crippen LogP contribution in [0.4, 0.5) is 4.39 Å². The largest absolute Gasteiger partial charge is 0.507 e. The van der Waals surface area contributed by atoms with Crippen LogP contribution in [0.1, 0.15) is 5.56 Å². The van der Waals surface area contributed by atoms with Crippen molar-refractivity contribution < 1.29 is 23.0 Å². The van der Waals surface area contributed by atoms with E-state index in [1.807, 2.05) is 0 Å². The highest BCUT2D eigenvalue weighted by molar-refractivity contribution is 7.89. The molecule has 1 heterocycles. The molecule has 170 valence electrons. The van der Waals surface area contributed by atoms with E-state index in [1.165, 1.54) is 42.2 Å². The minimum atomic E-state index is -4.19. The zero-order valence-corrected chi connectivity index (χ0v) is 18.9. The number of aromatic nitrogens is 2. The lowest BCUT2D eigenvalue weighted by Crippen LogP contribution is -2.26. The molecular weight excluding hydrogens is 469 g/mol. The molecule has 0 aliphatic carbocycles. The van der Waals surface area contributed by atoms with Gasteiger partial charge in [-0.05, 0) is 35.9 Å². The van der Waals surface area contributed by atoms with Crippen LogP contribution in [0.5, 0.6) is 11.5 Å². The molecule has 7 nitrogen and oxygen atoms in total. The first-order chi connectivity index (χ1) is 15.7. The lowest BCUT2D eigenvalue weighted by atomic mass is 10.1. The number of phenolic OH excluding ortho intramolecular Hbond substituents is 2. The Morgan fingerprint density at radius 3 is 2.45 bits per heavy atom. The highest BCUT2D eigenvalue weighted by atomic mass is 35.5. The third kappa shape index (κ3) is 4.30. The molecule has 0 unspecified atom stereocenters. The smallest absolute Gasteiger partial charge is 0.246 e. The maximum absolute atomic E-state index is 14.4. The number of phenols is 2. The Morgan fingerprint density at radius 2 is 1.73 bits per heavy atom. The standard InChI is InChI=1S/C23H19ClFN3O4S/c1-27(14-15-6-2-3-7-17(15)24)33(31,32)23-12-16(21(29)13-22(23)30)19-10-11-26-28(19)20-9-5-4-8-18(20)25/h2-13,29-30H,14H2,1H3. The molecule has 0 radical (unpaired) electrons. The summed E-state index contributed by atoms with van der Waals surface area (Å²) in [6.45, 7) is -0.0369. The second-order valence-corrected chi connectivity index (χ2v) is 9.69. The topological polar surface area (TPSA) is 95.7 Å². The maximum Gasteiger partial charge on any atom is 0.246 e. The summed E-state index contributed by atoms with van der Waals surface area (Å²) in [4.78, 5) is -0.425. The van der Waals surface area contributed by atoms with Crippen LogP contribution in [0.3, 0.4) is 0 Å². The van der Waals surface area contributed by atoms with Crippen LogP contribution in [-0.2, 0) is 16.6 Å². The molecule has 0 bridgehead atoms. The predicted molar refractivity (Wildman–Crippen MR) is 122 cm³/mol. The van der Waals surface area contributed by atoms with Crippen LogP contribution in [0.2, 0.25) is 5.02 Å². The number of hydrogen-bond acceptors (Lipinski definition) is 5. The number of para-hydroxylation sites is 1. The first-order valence-corrected chi connectivity index (χ1v) is 11.6. The molecule has 4 rings (SSSR count). The molecule has 0 aliphatic heterocycles. The predicted octanol–water partition coefficient (Wildman–Crippen LogP) is 4.56. The van der Waals surface area contributed by atoms with E-state index in [4.69, 9.17) is 11.6 Å². The molecule has 0 amide bonds. The van der Waals surface area contributed by atoms with Crippen LogP contribution in [0, 0.1) is 5.82 Å².